The number of methoxy groups -OCH3 is 2. The molecule has 3 rings (SSSR count). The van der Waals surface area contributed by atoms with Crippen molar-refractivity contribution in [1.82, 2.24) is 0 Å². The van der Waals surface area contributed by atoms with Crippen LogP contribution in [0.15, 0.2) is 60.7 Å². The molecule has 23 heavy (non-hydrogen) atoms. The molecule has 3 aromatic rings. The van der Waals surface area contributed by atoms with Crippen LogP contribution >= 0.6 is 11.3 Å². The van der Waals surface area contributed by atoms with Gasteiger partial charge in [-0.15, -0.1) is 0 Å². The lowest BCUT2D eigenvalue weighted by molar-refractivity contribution is 0.415. The van der Waals surface area contributed by atoms with Gasteiger partial charge in [0, 0.05) is 24.6 Å². The Morgan fingerprint density at radius 2 is 1.17 bits per heavy atom. The molecule has 0 unspecified atom stereocenters. The Bertz CT molecular complexity index is 727. The molecule has 0 N–H and O–H groups in total. The van der Waals surface area contributed by atoms with Crippen LogP contribution in [-0.4, -0.2) is 14.2 Å². The fraction of sp³-hybridized carbons (Fsp3) is 0.150. The van der Waals surface area contributed by atoms with E-state index in [1.165, 1.54) is 26.4 Å². The van der Waals surface area contributed by atoms with Gasteiger partial charge in [0.05, 0.1) is 14.2 Å². The molecule has 2 aromatic carbocycles. The molecular formula is C20H19O2S+. The summed E-state index contributed by atoms with van der Waals surface area (Å²) >= 11 is 1.79. The average molecular weight is 323 g/mol. The molecule has 0 amide bonds. The third-order valence-electron chi connectivity index (χ3n) is 3.71. The van der Waals surface area contributed by atoms with Gasteiger partial charge in [0.25, 0.3) is 0 Å². The zero-order valence-electron chi connectivity index (χ0n) is 13.5. The molecule has 3 heteroatoms. The fourth-order valence-electron chi connectivity index (χ4n) is 2.48. The van der Waals surface area contributed by atoms with Gasteiger partial charge in [0.2, 0.25) is 21.1 Å². The standard InChI is InChI=1S/C20H19O2S/c1-14-12-17(15-4-8-18(21-2)9-5-15)13-20(23-14)16-6-10-19(22-3)11-7-16/h4-13H,1-3H3/q+1. The Balaban J connectivity index is 2.00. The first-order valence-corrected chi connectivity index (χ1v) is 8.25. The van der Waals surface area contributed by atoms with Crippen molar-refractivity contribution in [3.8, 4) is 33.1 Å². The molecule has 2 nitrogen and oxygen atoms in total. The first kappa shape index (κ1) is 15.5. The highest BCUT2D eigenvalue weighted by Gasteiger charge is 2.15. The number of ether oxygens (including phenoxy) is 2. The van der Waals surface area contributed by atoms with E-state index >= 15 is 0 Å². The van der Waals surface area contributed by atoms with E-state index in [4.69, 9.17) is 9.47 Å². The maximum absolute atomic E-state index is 5.24. The molecule has 0 saturated heterocycles. The second-order valence-corrected chi connectivity index (χ2v) is 6.57. The lowest BCUT2D eigenvalue weighted by Crippen LogP contribution is -1.85. The van der Waals surface area contributed by atoms with Crippen molar-refractivity contribution >= 4 is 11.3 Å². The van der Waals surface area contributed by atoms with E-state index in [1.54, 1.807) is 25.6 Å². The molecule has 0 aliphatic heterocycles. The summed E-state index contributed by atoms with van der Waals surface area (Å²) in [5.41, 5.74) is 3.61. The second-order valence-electron chi connectivity index (χ2n) is 5.28. The van der Waals surface area contributed by atoms with E-state index in [2.05, 4.69) is 43.3 Å². The Hall–Kier alpha value is -2.39. The van der Waals surface area contributed by atoms with Gasteiger partial charge >= 0.3 is 0 Å². The van der Waals surface area contributed by atoms with Gasteiger partial charge in [0.15, 0.2) is 0 Å². The molecule has 1 aromatic heterocycles. The highest BCUT2D eigenvalue weighted by Crippen LogP contribution is 2.33. The molecule has 0 aliphatic rings. The van der Waals surface area contributed by atoms with E-state index in [0.717, 1.165) is 11.5 Å². The van der Waals surface area contributed by atoms with E-state index < -0.39 is 0 Å². The molecule has 0 atom stereocenters. The maximum Gasteiger partial charge on any atom is 0.238 e. The van der Waals surface area contributed by atoms with Crippen molar-refractivity contribution in [3.63, 3.8) is 0 Å². The highest BCUT2D eigenvalue weighted by atomic mass is 32.1. The Labute approximate surface area is 141 Å². The van der Waals surface area contributed by atoms with E-state index in [9.17, 15) is 0 Å². The van der Waals surface area contributed by atoms with E-state index in [1.807, 2.05) is 24.3 Å². The quantitative estimate of drug-likeness (QED) is 0.574. The second kappa shape index (κ2) is 6.80. The van der Waals surface area contributed by atoms with Crippen molar-refractivity contribution in [1.29, 1.82) is 0 Å². The largest absolute Gasteiger partial charge is 0.497 e. The maximum atomic E-state index is 5.24. The van der Waals surface area contributed by atoms with Crippen LogP contribution in [0, 0.1) is 6.92 Å². The highest BCUT2D eigenvalue weighted by molar-refractivity contribution is 7.15. The summed E-state index contributed by atoms with van der Waals surface area (Å²) in [6.45, 7) is 2.14. The van der Waals surface area contributed by atoms with Crippen LogP contribution in [-0.2, 0) is 0 Å². The first-order valence-electron chi connectivity index (χ1n) is 7.43. The van der Waals surface area contributed by atoms with Gasteiger partial charge in [-0.25, -0.2) is 0 Å². The summed E-state index contributed by atoms with van der Waals surface area (Å²) in [5, 5.41) is 0. The summed E-state index contributed by atoms with van der Waals surface area (Å²) in [6, 6.07) is 20.8. The summed E-state index contributed by atoms with van der Waals surface area (Å²) in [5.74, 6) is 1.75. The fourth-order valence-corrected chi connectivity index (χ4v) is 3.45. The third kappa shape index (κ3) is 3.51. The molecule has 0 fully saturated rings. The summed E-state index contributed by atoms with van der Waals surface area (Å²) < 4.78 is 10.5. The predicted octanol–water partition coefficient (Wildman–Crippen LogP) is 5.69. The van der Waals surface area contributed by atoms with Gasteiger partial charge in [-0.2, -0.15) is 0 Å². The third-order valence-corrected chi connectivity index (χ3v) is 4.73. The SMILES string of the molecule is COc1ccc(-c2cc(C)[s+]c(-c3ccc(OC)cc3)c2)cc1. The minimum atomic E-state index is 0.875. The van der Waals surface area contributed by atoms with Crippen LogP contribution in [0.4, 0.5) is 0 Å². The van der Waals surface area contributed by atoms with Crippen LogP contribution in [0.3, 0.4) is 0 Å². The Kier molecular flexibility index (Phi) is 4.58. The van der Waals surface area contributed by atoms with Crippen molar-refractivity contribution in [2.24, 2.45) is 0 Å². The smallest absolute Gasteiger partial charge is 0.238 e. The Morgan fingerprint density at radius 1 is 0.652 bits per heavy atom. The normalized spacial score (nSPS) is 10.4. The van der Waals surface area contributed by atoms with E-state index in [0.29, 0.717) is 0 Å². The zero-order chi connectivity index (χ0) is 16.2. The number of aryl methyl sites for hydroxylation is 1. The van der Waals surface area contributed by atoms with Crippen molar-refractivity contribution in [2.45, 2.75) is 6.92 Å². The number of benzene rings is 2. The van der Waals surface area contributed by atoms with E-state index in [-0.39, 0.29) is 0 Å². The van der Waals surface area contributed by atoms with Crippen LogP contribution < -0.4 is 9.47 Å². The number of rotatable bonds is 4. The van der Waals surface area contributed by atoms with Gasteiger partial charge < -0.3 is 9.47 Å². The van der Waals surface area contributed by atoms with Gasteiger partial charge in [-0.3, -0.25) is 0 Å². The molecule has 0 radical (unpaired) electrons. The molecule has 116 valence electrons. The Morgan fingerprint density at radius 3 is 1.70 bits per heavy atom. The molecule has 0 spiro atoms. The molecule has 0 aliphatic carbocycles. The zero-order valence-corrected chi connectivity index (χ0v) is 14.3. The average Bonchev–Trinajstić information content (AvgIpc) is 2.61. The molecular weight excluding hydrogens is 304 g/mol. The van der Waals surface area contributed by atoms with Gasteiger partial charge in [-0.05, 0) is 47.5 Å². The minimum Gasteiger partial charge on any atom is -0.497 e. The summed E-state index contributed by atoms with van der Waals surface area (Å²) in [6.07, 6.45) is 0. The summed E-state index contributed by atoms with van der Waals surface area (Å²) in [7, 11) is 3.37. The monoisotopic (exact) mass is 323 g/mol. The van der Waals surface area contributed by atoms with Gasteiger partial charge in [0.1, 0.15) is 11.5 Å². The lowest BCUT2D eigenvalue weighted by atomic mass is 10.0. The van der Waals surface area contributed by atoms with Crippen molar-refractivity contribution in [3.05, 3.63) is 65.5 Å². The molecule has 0 saturated carbocycles. The topological polar surface area (TPSA) is 18.5 Å². The van der Waals surface area contributed by atoms with Crippen LogP contribution in [0.1, 0.15) is 4.88 Å². The van der Waals surface area contributed by atoms with Crippen molar-refractivity contribution < 1.29 is 9.47 Å². The minimum absolute atomic E-state index is 0.875. The molecule has 0 bridgehead atoms. The van der Waals surface area contributed by atoms with Crippen LogP contribution in [0.25, 0.3) is 21.6 Å². The number of hydrogen-bond donors (Lipinski definition) is 0. The number of hydrogen-bond acceptors (Lipinski definition) is 2. The van der Waals surface area contributed by atoms with Crippen LogP contribution in [0.5, 0.6) is 11.5 Å². The first-order chi connectivity index (χ1) is 11.2. The lowest BCUT2D eigenvalue weighted by Gasteiger charge is -2.04. The van der Waals surface area contributed by atoms with Gasteiger partial charge in [-0.1, -0.05) is 12.1 Å². The predicted molar refractivity (Wildman–Crippen MR) is 97.4 cm³/mol. The molecule has 1 heterocycles. The van der Waals surface area contributed by atoms with Crippen LogP contribution in [0.2, 0.25) is 0 Å². The summed E-state index contributed by atoms with van der Waals surface area (Å²) in [4.78, 5) is 2.53. The van der Waals surface area contributed by atoms with Crippen molar-refractivity contribution in [2.75, 3.05) is 14.2 Å².